The van der Waals surface area contributed by atoms with Gasteiger partial charge in [-0.25, -0.2) is 0 Å². The van der Waals surface area contributed by atoms with Crippen LogP contribution in [0.5, 0.6) is 0 Å². The summed E-state index contributed by atoms with van der Waals surface area (Å²) in [5.41, 5.74) is 3.62. The lowest BCUT2D eigenvalue weighted by molar-refractivity contribution is -0.126. The van der Waals surface area contributed by atoms with Crippen LogP contribution in [0.1, 0.15) is 40.2 Å². The fourth-order valence-electron chi connectivity index (χ4n) is 3.47. The second-order valence-electron chi connectivity index (χ2n) is 6.95. The van der Waals surface area contributed by atoms with Gasteiger partial charge in [0.2, 0.25) is 5.91 Å². The van der Waals surface area contributed by atoms with Gasteiger partial charge in [0.1, 0.15) is 5.69 Å². The van der Waals surface area contributed by atoms with E-state index < -0.39 is 0 Å². The van der Waals surface area contributed by atoms with Crippen molar-refractivity contribution in [1.82, 2.24) is 15.2 Å². The zero-order valence-corrected chi connectivity index (χ0v) is 16.7. The number of amides is 2. The molecule has 1 aliphatic heterocycles. The fourth-order valence-corrected chi connectivity index (χ4v) is 3.91. The monoisotopic (exact) mass is 417 g/mol. The van der Waals surface area contributed by atoms with Crippen LogP contribution in [0.4, 0.5) is 0 Å². The van der Waals surface area contributed by atoms with E-state index in [2.05, 4.69) is 26.2 Å². The number of piperidine rings is 1. The van der Waals surface area contributed by atoms with Gasteiger partial charge in [-0.1, -0.05) is 28.1 Å². The molecule has 0 aliphatic carbocycles. The molecule has 1 fully saturated rings. The van der Waals surface area contributed by atoms with Crippen LogP contribution >= 0.6 is 15.9 Å². The van der Waals surface area contributed by atoms with E-state index >= 15 is 0 Å². The van der Waals surface area contributed by atoms with Gasteiger partial charge >= 0.3 is 0 Å². The Morgan fingerprint density at radius 3 is 2.81 bits per heavy atom. The molecule has 0 unspecified atom stereocenters. The van der Waals surface area contributed by atoms with Gasteiger partial charge in [-0.3, -0.25) is 9.59 Å². The second-order valence-corrected chi connectivity index (χ2v) is 7.86. The average Bonchev–Trinajstić information content (AvgIpc) is 2.97. The number of hydrogen-bond donors (Lipinski definition) is 2. The first-order valence-corrected chi connectivity index (χ1v) is 9.71. The number of H-pyrrole nitrogens is 1. The maximum Gasteiger partial charge on any atom is 0.270 e. The Kier molecular flexibility index (Phi) is 5.81. The lowest BCUT2D eigenvalue weighted by Crippen LogP contribution is -2.45. The van der Waals surface area contributed by atoms with Crippen LogP contribution in [0, 0.1) is 19.8 Å². The van der Waals surface area contributed by atoms with Crippen molar-refractivity contribution in [2.75, 3.05) is 13.1 Å². The van der Waals surface area contributed by atoms with Crippen LogP contribution in [-0.2, 0) is 11.3 Å². The van der Waals surface area contributed by atoms with Gasteiger partial charge in [-0.2, -0.15) is 0 Å². The highest BCUT2D eigenvalue weighted by Crippen LogP contribution is 2.20. The average molecular weight is 418 g/mol. The van der Waals surface area contributed by atoms with Crippen molar-refractivity contribution in [1.29, 1.82) is 0 Å². The highest BCUT2D eigenvalue weighted by Gasteiger charge is 2.29. The van der Waals surface area contributed by atoms with Gasteiger partial charge in [0.15, 0.2) is 0 Å². The molecule has 0 radical (unpaired) electrons. The summed E-state index contributed by atoms with van der Waals surface area (Å²) in [5, 5.41) is 3.01. The molecule has 5 nitrogen and oxygen atoms in total. The molecule has 0 bridgehead atoms. The maximum absolute atomic E-state index is 12.8. The second kappa shape index (κ2) is 8.08. The molecule has 0 spiro atoms. The Bertz CT molecular complexity index is 815. The summed E-state index contributed by atoms with van der Waals surface area (Å²) in [6, 6.07) is 9.86. The molecule has 3 rings (SSSR count). The van der Waals surface area contributed by atoms with Crippen LogP contribution < -0.4 is 5.32 Å². The Morgan fingerprint density at radius 2 is 2.12 bits per heavy atom. The third-order valence-electron chi connectivity index (χ3n) is 4.80. The third kappa shape index (κ3) is 4.36. The van der Waals surface area contributed by atoms with Gasteiger partial charge in [0, 0.05) is 29.8 Å². The molecule has 2 heterocycles. The van der Waals surface area contributed by atoms with Crippen molar-refractivity contribution in [3.63, 3.8) is 0 Å². The predicted molar refractivity (Wildman–Crippen MR) is 105 cm³/mol. The van der Waals surface area contributed by atoms with Gasteiger partial charge in [0.25, 0.3) is 5.91 Å². The first-order valence-electron chi connectivity index (χ1n) is 8.91. The normalized spacial score (nSPS) is 17.2. The zero-order chi connectivity index (χ0) is 18.7. The molecule has 1 saturated heterocycles. The minimum absolute atomic E-state index is 0.0138. The quantitative estimate of drug-likeness (QED) is 0.798. The topological polar surface area (TPSA) is 65.2 Å². The van der Waals surface area contributed by atoms with Crippen LogP contribution in [0.25, 0.3) is 0 Å². The molecule has 2 amide bonds. The number of benzene rings is 1. The Balaban J connectivity index is 1.60. The smallest absolute Gasteiger partial charge is 0.270 e. The number of rotatable bonds is 4. The van der Waals surface area contributed by atoms with Crippen molar-refractivity contribution >= 4 is 27.7 Å². The molecule has 1 aromatic heterocycles. The third-order valence-corrected chi connectivity index (χ3v) is 5.29. The number of carbonyl (C=O) groups is 2. The van der Waals surface area contributed by atoms with Gasteiger partial charge in [-0.05, 0) is 56.0 Å². The summed E-state index contributed by atoms with van der Waals surface area (Å²) >= 11 is 3.44. The summed E-state index contributed by atoms with van der Waals surface area (Å²) in [6.45, 7) is 5.55. The number of carbonyl (C=O) groups excluding carboxylic acids is 2. The highest BCUT2D eigenvalue weighted by molar-refractivity contribution is 9.10. The maximum atomic E-state index is 12.8. The number of aromatic amines is 1. The first-order chi connectivity index (χ1) is 12.4. The Hall–Kier alpha value is -2.08. The SMILES string of the molecule is Cc1cc(C)c(C(=O)N2CCC[C@H](C(=O)NCc3cccc(Br)c3)C2)[nH]1. The molecule has 1 aromatic carbocycles. The van der Waals surface area contributed by atoms with E-state index in [4.69, 9.17) is 0 Å². The standard InChI is InChI=1S/C20H24BrN3O2/c1-13-9-14(2)23-18(13)20(26)24-8-4-6-16(12-24)19(25)22-11-15-5-3-7-17(21)10-15/h3,5,7,9-10,16,23H,4,6,8,11-12H2,1-2H3,(H,22,25)/t16-/m0/s1. The van der Waals surface area contributed by atoms with E-state index in [1.807, 2.05) is 44.2 Å². The number of nitrogens with zero attached hydrogens (tertiary/aromatic N) is 1. The van der Waals surface area contributed by atoms with E-state index in [9.17, 15) is 9.59 Å². The molecule has 26 heavy (non-hydrogen) atoms. The van der Waals surface area contributed by atoms with E-state index in [1.54, 1.807) is 4.90 Å². The number of likely N-dealkylation sites (tertiary alicyclic amines) is 1. The van der Waals surface area contributed by atoms with Gasteiger partial charge < -0.3 is 15.2 Å². The molecule has 1 aliphatic rings. The zero-order valence-electron chi connectivity index (χ0n) is 15.1. The van der Waals surface area contributed by atoms with Gasteiger partial charge in [-0.15, -0.1) is 0 Å². The summed E-state index contributed by atoms with van der Waals surface area (Å²) < 4.78 is 0.996. The summed E-state index contributed by atoms with van der Waals surface area (Å²) in [7, 11) is 0. The molecule has 1 atom stereocenters. The number of aromatic nitrogens is 1. The molecular weight excluding hydrogens is 394 g/mol. The van der Waals surface area contributed by atoms with Crippen LogP contribution in [0.15, 0.2) is 34.8 Å². The molecule has 2 aromatic rings. The summed E-state index contributed by atoms with van der Waals surface area (Å²) in [4.78, 5) is 30.3. The minimum Gasteiger partial charge on any atom is -0.354 e. The predicted octanol–water partition coefficient (Wildman–Crippen LogP) is 3.56. The van der Waals surface area contributed by atoms with Crippen molar-refractivity contribution < 1.29 is 9.59 Å². The molecule has 0 saturated carbocycles. The van der Waals surface area contributed by atoms with Crippen LogP contribution in [-0.4, -0.2) is 34.8 Å². The van der Waals surface area contributed by atoms with Crippen molar-refractivity contribution in [3.8, 4) is 0 Å². The Morgan fingerprint density at radius 1 is 1.31 bits per heavy atom. The van der Waals surface area contributed by atoms with Crippen molar-refractivity contribution in [2.45, 2.75) is 33.2 Å². The number of nitrogens with one attached hydrogen (secondary N) is 2. The van der Waals surface area contributed by atoms with E-state index in [-0.39, 0.29) is 17.7 Å². The lowest BCUT2D eigenvalue weighted by atomic mass is 9.96. The minimum atomic E-state index is -0.156. The molecule has 2 N–H and O–H groups in total. The first kappa shape index (κ1) is 18.7. The van der Waals surface area contributed by atoms with Crippen LogP contribution in [0.2, 0.25) is 0 Å². The van der Waals surface area contributed by atoms with E-state index in [0.717, 1.165) is 34.1 Å². The van der Waals surface area contributed by atoms with Crippen molar-refractivity contribution in [3.05, 3.63) is 57.3 Å². The number of halogens is 1. The Labute approximate surface area is 162 Å². The largest absolute Gasteiger partial charge is 0.354 e. The molecule has 138 valence electrons. The summed E-state index contributed by atoms with van der Waals surface area (Å²) in [6.07, 6.45) is 1.66. The molecular formula is C20H24BrN3O2. The highest BCUT2D eigenvalue weighted by atomic mass is 79.9. The number of aryl methyl sites for hydroxylation is 2. The van der Waals surface area contributed by atoms with E-state index in [1.165, 1.54) is 0 Å². The van der Waals surface area contributed by atoms with Crippen molar-refractivity contribution in [2.24, 2.45) is 5.92 Å². The molecule has 6 heteroatoms. The fraction of sp³-hybridized carbons (Fsp3) is 0.400. The lowest BCUT2D eigenvalue weighted by Gasteiger charge is -2.32. The van der Waals surface area contributed by atoms with Crippen LogP contribution in [0.3, 0.4) is 0 Å². The van der Waals surface area contributed by atoms with E-state index in [0.29, 0.717) is 25.3 Å². The van der Waals surface area contributed by atoms with Gasteiger partial charge in [0.05, 0.1) is 5.92 Å². The number of hydrogen-bond acceptors (Lipinski definition) is 2. The summed E-state index contributed by atoms with van der Waals surface area (Å²) in [5.74, 6) is -0.154.